The molecule has 0 heteroatoms. The molecule has 0 spiro atoms. The van der Waals surface area contributed by atoms with Crippen LogP contribution >= 0.6 is 0 Å². The van der Waals surface area contributed by atoms with Gasteiger partial charge in [-0.2, -0.15) is 0 Å². The molecule has 0 atom stereocenters. The van der Waals surface area contributed by atoms with E-state index in [0.29, 0.717) is 0 Å². The van der Waals surface area contributed by atoms with Crippen molar-refractivity contribution in [1.82, 2.24) is 0 Å². The standard InChI is InChI=1S/C10H9/c1-2-6-10-8-4-3-7-9(10)5-1/h1,7-8H,2,5-6H2. The number of hydrogen-bond donors (Lipinski definition) is 0. The first-order valence-electron chi connectivity index (χ1n) is 3.68. The lowest BCUT2D eigenvalue weighted by Crippen LogP contribution is -2.01. The van der Waals surface area contributed by atoms with E-state index in [4.69, 9.17) is 0 Å². The summed E-state index contributed by atoms with van der Waals surface area (Å²) in [6, 6.07) is 10.1. The van der Waals surface area contributed by atoms with Crippen LogP contribution in [0.4, 0.5) is 0 Å². The Hall–Kier alpha value is -0.780. The summed E-state index contributed by atoms with van der Waals surface area (Å²) in [4.78, 5) is 0. The van der Waals surface area contributed by atoms with Gasteiger partial charge in [0.15, 0.2) is 0 Å². The molecule has 0 amide bonds. The summed E-state index contributed by atoms with van der Waals surface area (Å²) in [5.74, 6) is 0. The average molecular weight is 129 g/mol. The van der Waals surface area contributed by atoms with Gasteiger partial charge in [0.2, 0.25) is 0 Å². The number of fused-ring (bicyclic) bond motifs is 1. The van der Waals surface area contributed by atoms with Crippen LogP contribution in [0.2, 0.25) is 0 Å². The largest absolute Gasteiger partial charge is 0.0502 e. The smallest absolute Gasteiger partial charge is 0.00959 e. The van der Waals surface area contributed by atoms with Crippen LogP contribution in [0.3, 0.4) is 0 Å². The van der Waals surface area contributed by atoms with Crippen molar-refractivity contribution in [3.63, 3.8) is 0 Å². The Kier molecular flexibility index (Phi) is 1.46. The lowest BCUT2D eigenvalue weighted by molar-refractivity contribution is 0.829. The third kappa shape index (κ3) is 0.942. The van der Waals surface area contributed by atoms with Crippen LogP contribution in [0.1, 0.15) is 17.5 Å². The van der Waals surface area contributed by atoms with Gasteiger partial charge in [0.25, 0.3) is 0 Å². The maximum atomic E-state index is 2.98. The minimum atomic E-state index is 1.13. The minimum absolute atomic E-state index is 1.13. The van der Waals surface area contributed by atoms with Crippen LogP contribution in [0, 0.1) is 18.6 Å². The predicted molar refractivity (Wildman–Crippen MR) is 40.4 cm³/mol. The molecule has 0 saturated carbocycles. The van der Waals surface area contributed by atoms with Gasteiger partial charge in [-0.05, 0) is 48.9 Å². The summed E-state index contributed by atoms with van der Waals surface area (Å²) in [5, 5.41) is 0. The second kappa shape index (κ2) is 2.45. The number of aryl methyl sites for hydroxylation is 1. The van der Waals surface area contributed by atoms with Crippen molar-refractivity contribution in [2.45, 2.75) is 19.3 Å². The summed E-state index contributed by atoms with van der Waals surface area (Å²) in [5.41, 5.74) is 2.89. The third-order valence-corrected chi connectivity index (χ3v) is 1.97. The van der Waals surface area contributed by atoms with Gasteiger partial charge < -0.3 is 0 Å². The Labute approximate surface area is 61.9 Å². The molecule has 1 aliphatic rings. The summed E-state index contributed by atoms with van der Waals surface area (Å²) < 4.78 is 0. The van der Waals surface area contributed by atoms with Crippen molar-refractivity contribution in [2.75, 3.05) is 0 Å². The Morgan fingerprint density at radius 3 is 2.70 bits per heavy atom. The molecule has 0 aliphatic heterocycles. The van der Waals surface area contributed by atoms with Crippen molar-refractivity contribution in [1.29, 1.82) is 0 Å². The lowest BCUT2D eigenvalue weighted by atomic mass is 9.92. The fourth-order valence-electron chi connectivity index (χ4n) is 1.38. The maximum absolute atomic E-state index is 2.98. The zero-order chi connectivity index (χ0) is 6.81. The first-order chi connectivity index (χ1) is 4.97. The molecule has 3 radical (unpaired) electrons. The fraction of sp³-hybridized carbons (Fsp3) is 0.300. The summed E-state index contributed by atoms with van der Waals surface area (Å²) >= 11 is 0. The van der Waals surface area contributed by atoms with Crippen LogP contribution in [0.15, 0.2) is 12.1 Å². The van der Waals surface area contributed by atoms with E-state index in [1.807, 2.05) is 6.07 Å². The highest BCUT2D eigenvalue weighted by Gasteiger charge is 2.06. The van der Waals surface area contributed by atoms with Crippen LogP contribution < -0.4 is 0 Å². The summed E-state index contributed by atoms with van der Waals surface area (Å²) in [6.07, 6.45) is 5.88. The minimum Gasteiger partial charge on any atom is -0.0502 e. The molecule has 0 saturated heterocycles. The molecule has 0 N–H and O–H groups in total. The van der Waals surface area contributed by atoms with Crippen molar-refractivity contribution >= 4 is 0 Å². The average Bonchev–Trinajstić information content (AvgIpc) is 2.05. The Morgan fingerprint density at radius 2 is 1.90 bits per heavy atom. The van der Waals surface area contributed by atoms with Crippen LogP contribution in [-0.4, -0.2) is 0 Å². The highest BCUT2D eigenvalue weighted by molar-refractivity contribution is 5.29. The monoisotopic (exact) mass is 129 g/mol. The summed E-state index contributed by atoms with van der Waals surface area (Å²) in [7, 11) is 0. The number of hydrogen-bond acceptors (Lipinski definition) is 0. The molecule has 10 heavy (non-hydrogen) atoms. The molecule has 0 heterocycles. The van der Waals surface area contributed by atoms with Gasteiger partial charge in [0.05, 0.1) is 0 Å². The first-order valence-corrected chi connectivity index (χ1v) is 3.68. The van der Waals surface area contributed by atoms with E-state index in [9.17, 15) is 0 Å². The highest BCUT2D eigenvalue weighted by atomic mass is 14.1. The van der Waals surface area contributed by atoms with Gasteiger partial charge in [0, 0.05) is 0 Å². The topological polar surface area (TPSA) is 0 Å². The third-order valence-electron chi connectivity index (χ3n) is 1.97. The van der Waals surface area contributed by atoms with Gasteiger partial charge in [0.1, 0.15) is 0 Å². The molecule has 0 aromatic heterocycles. The van der Waals surface area contributed by atoms with Gasteiger partial charge >= 0.3 is 0 Å². The van der Waals surface area contributed by atoms with E-state index in [0.717, 1.165) is 6.42 Å². The first kappa shape index (κ1) is 5.96. The SMILES string of the molecule is [c]1[c]cc2c(c1)C[CH]CC2. The van der Waals surface area contributed by atoms with E-state index in [2.05, 4.69) is 24.6 Å². The van der Waals surface area contributed by atoms with Crippen molar-refractivity contribution in [3.8, 4) is 0 Å². The quantitative estimate of drug-likeness (QED) is 0.502. The van der Waals surface area contributed by atoms with Crippen LogP contribution in [0.25, 0.3) is 0 Å². The zero-order valence-electron chi connectivity index (χ0n) is 5.85. The van der Waals surface area contributed by atoms with Crippen LogP contribution in [0.5, 0.6) is 0 Å². The molecule has 2 rings (SSSR count). The second-order valence-electron chi connectivity index (χ2n) is 2.66. The second-order valence-corrected chi connectivity index (χ2v) is 2.66. The molecule has 0 fully saturated rings. The van der Waals surface area contributed by atoms with Gasteiger partial charge in [-0.15, -0.1) is 0 Å². The fourth-order valence-corrected chi connectivity index (χ4v) is 1.38. The molecule has 49 valence electrons. The Morgan fingerprint density at radius 1 is 1.10 bits per heavy atom. The van der Waals surface area contributed by atoms with Gasteiger partial charge in [-0.3, -0.25) is 0 Å². The van der Waals surface area contributed by atoms with Crippen molar-refractivity contribution < 1.29 is 0 Å². The molecule has 1 aromatic carbocycles. The van der Waals surface area contributed by atoms with Crippen LogP contribution in [-0.2, 0) is 12.8 Å². The number of benzene rings is 1. The van der Waals surface area contributed by atoms with E-state index in [1.165, 1.54) is 24.0 Å². The molecule has 1 aliphatic carbocycles. The zero-order valence-corrected chi connectivity index (χ0v) is 5.85. The van der Waals surface area contributed by atoms with E-state index in [1.54, 1.807) is 0 Å². The maximum Gasteiger partial charge on any atom is -0.00959 e. The molecule has 0 unspecified atom stereocenters. The van der Waals surface area contributed by atoms with Crippen molar-refractivity contribution in [2.24, 2.45) is 0 Å². The molecule has 0 nitrogen and oxygen atoms in total. The highest BCUT2D eigenvalue weighted by Crippen LogP contribution is 2.18. The van der Waals surface area contributed by atoms with Crippen molar-refractivity contribution in [3.05, 3.63) is 41.8 Å². The normalized spacial score (nSPS) is 16.4. The predicted octanol–water partition coefficient (Wildman–Crippen LogP) is 1.98. The number of rotatable bonds is 0. The van der Waals surface area contributed by atoms with Gasteiger partial charge in [-0.25, -0.2) is 0 Å². The molecule has 1 aromatic rings. The van der Waals surface area contributed by atoms with E-state index >= 15 is 0 Å². The molecular formula is C10H9. The Balaban J connectivity index is 2.41. The van der Waals surface area contributed by atoms with E-state index < -0.39 is 0 Å². The van der Waals surface area contributed by atoms with Gasteiger partial charge in [-0.1, -0.05) is 12.1 Å². The Bertz CT molecular complexity index is 200. The summed E-state index contributed by atoms with van der Waals surface area (Å²) in [6.45, 7) is 0. The molecular weight excluding hydrogens is 120 g/mol. The lowest BCUT2D eigenvalue weighted by Gasteiger charge is -2.13. The molecule has 0 bridgehead atoms. The van der Waals surface area contributed by atoms with E-state index in [-0.39, 0.29) is 0 Å².